The molecule has 7 nitrogen and oxygen atoms in total. The summed E-state index contributed by atoms with van der Waals surface area (Å²) in [5, 5.41) is 12.1. The summed E-state index contributed by atoms with van der Waals surface area (Å²) in [5.41, 5.74) is -2.49. The first-order valence-corrected chi connectivity index (χ1v) is 8.82. The van der Waals surface area contributed by atoms with Crippen LogP contribution in [0, 0.1) is 10.1 Å². The SMILES string of the molecule is O=C1c2cc(C(F)(F)F)c(N3CCCC3)c([N+](=O)[O-])c2SC2=NCCN12. The van der Waals surface area contributed by atoms with Gasteiger partial charge in [0.2, 0.25) is 0 Å². The Morgan fingerprint density at radius 1 is 1.23 bits per heavy atom. The van der Waals surface area contributed by atoms with Crippen LogP contribution in [-0.2, 0) is 6.18 Å². The number of amidine groups is 1. The van der Waals surface area contributed by atoms with Crippen molar-refractivity contribution in [3.8, 4) is 0 Å². The normalized spacial score (nSPS) is 19.5. The molecule has 1 aromatic carbocycles. The molecule has 0 saturated carbocycles. The second kappa shape index (κ2) is 5.86. The Balaban J connectivity index is 2.02. The molecule has 0 atom stereocenters. The molecule has 4 rings (SSSR count). The number of rotatable bonds is 2. The number of amides is 1. The average molecular weight is 386 g/mol. The number of carbonyl (C=O) groups excluding carboxylic acids is 1. The van der Waals surface area contributed by atoms with Crippen LogP contribution in [0.4, 0.5) is 24.5 Å². The Kier molecular flexibility index (Phi) is 3.86. The van der Waals surface area contributed by atoms with Gasteiger partial charge in [-0.05, 0) is 30.7 Å². The number of nitrogens with zero attached hydrogens (tertiary/aromatic N) is 4. The van der Waals surface area contributed by atoms with Gasteiger partial charge in [-0.3, -0.25) is 24.8 Å². The van der Waals surface area contributed by atoms with Crippen LogP contribution in [0.3, 0.4) is 0 Å². The second-order valence-corrected chi connectivity index (χ2v) is 7.15. The fraction of sp³-hybridized carbons (Fsp3) is 0.467. The van der Waals surface area contributed by atoms with Crippen LogP contribution in [0.15, 0.2) is 16.0 Å². The molecule has 3 aliphatic rings. The molecule has 3 aliphatic heterocycles. The van der Waals surface area contributed by atoms with Crippen molar-refractivity contribution in [2.45, 2.75) is 23.9 Å². The lowest BCUT2D eigenvalue weighted by molar-refractivity contribution is -0.387. The number of nitro groups is 1. The van der Waals surface area contributed by atoms with E-state index in [0.717, 1.165) is 17.8 Å². The summed E-state index contributed by atoms with van der Waals surface area (Å²) in [6, 6.07) is 0.764. The molecule has 1 fully saturated rings. The van der Waals surface area contributed by atoms with Crippen molar-refractivity contribution in [3.05, 3.63) is 27.3 Å². The van der Waals surface area contributed by atoms with Crippen LogP contribution in [0.25, 0.3) is 0 Å². The van der Waals surface area contributed by atoms with E-state index >= 15 is 0 Å². The van der Waals surface area contributed by atoms with Crippen LogP contribution < -0.4 is 4.90 Å². The molecule has 1 amide bonds. The number of carbonyl (C=O) groups is 1. The van der Waals surface area contributed by atoms with Gasteiger partial charge in [0.1, 0.15) is 10.6 Å². The highest BCUT2D eigenvalue weighted by atomic mass is 32.2. The van der Waals surface area contributed by atoms with E-state index in [9.17, 15) is 28.1 Å². The van der Waals surface area contributed by atoms with Crippen molar-refractivity contribution < 1.29 is 22.9 Å². The minimum Gasteiger partial charge on any atom is -0.365 e. The van der Waals surface area contributed by atoms with E-state index in [2.05, 4.69) is 4.99 Å². The van der Waals surface area contributed by atoms with Crippen LogP contribution >= 0.6 is 11.8 Å². The molecule has 1 saturated heterocycles. The Labute approximate surface area is 150 Å². The third-order valence-corrected chi connectivity index (χ3v) is 5.76. The molecule has 0 aliphatic carbocycles. The number of anilines is 1. The Bertz CT molecular complexity index is 850. The van der Waals surface area contributed by atoms with Crippen molar-refractivity contribution in [3.63, 3.8) is 0 Å². The number of halogens is 3. The summed E-state index contributed by atoms with van der Waals surface area (Å²) in [5.74, 6) is -0.670. The Morgan fingerprint density at radius 3 is 2.54 bits per heavy atom. The average Bonchev–Trinajstić information content (AvgIpc) is 3.23. The van der Waals surface area contributed by atoms with Gasteiger partial charge in [0.15, 0.2) is 5.17 Å². The van der Waals surface area contributed by atoms with Gasteiger partial charge < -0.3 is 4.90 Å². The first-order chi connectivity index (χ1) is 12.3. The molecule has 0 N–H and O–H groups in total. The van der Waals surface area contributed by atoms with Gasteiger partial charge in [-0.15, -0.1) is 0 Å². The minimum absolute atomic E-state index is 0.0493. The van der Waals surface area contributed by atoms with Crippen molar-refractivity contribution >= 4 is 34.2 Å². The van der Waals surface area contributed by atoms with Gasteiger partial charge in [-0.1, -0.05) is 0 Å². The minimum atomic E-state index is -4.80. The molecule has 0 radical (unpaired) electrons. The third kappa shape index (κ3) is 2.52. The van der Waals surface area contributed by atoms with Crippen molar-refractivity contribution in [2.24, 2.45) is 4.99 Å². The van der Waals surface area contributed by atoms with E-state index < -0.39 is 33.9 Å². The fourth-order valence-corrected chi connectivity index (χ4v) is 4.64. The summed E-state index contributed by atoms with van der Waals surface area (Å²) in [6.45, 7) is 1.23. The summed E-state index contributed by atoms with van der Waals surface area (Å²) >= 11 is 0.898. The molecule has 1 aromatic rings. The van der Waals surface area contributed by atoms with Crippen molar-refractivity contribution in [2.75, 3.05) is 31.1 Å². The van der Waals surface area contributed by atoms with Crippen molar-refractivity contribution in [1.29, 1.82) is 0 Å². The molecule has 26 heavy (non-hydrogen) atoms. The fourth-order valence-electron chi connectivity index (χ4n) is 3.49. The Morgan fingerprint density at radius 2 is 1.92 bits per heavy atom. The van der Waals surface area contributed by atoms with Gasteiger partial charge >= 0.3 is 11.9 Å². The maximum atomic E-state index is 13.7. The monoisotopic (exact) mass is 386 g/mol. The van der Waals surface area contributed by atoms with Gasteiger partial charge in [-0.25, -0.2) is 0 Å². The first kappa shape index (κ1) is 17.1. The number of aliphatic imine (C=N–C) groups is 1. The standard InChI is InChI=1S/C15H13F3N4O3S/c16-15(17,18)9-7-8-12(26-14-19-3-6-21(14)13(8)23)11(22(24)25)10(9)20-4-1-2-5-20/h7H,1-6H2. The number of alkyl halides is 3. The number of thioether (sulfide) groups is 1. The van der Waals surface area contributed by atoms with E-state index in [1.807, 2.05) is 0 Å². The van der Waals surface area contributed by atoms with Gasteiger partial charge in [0.05, 0.1) is 22.6 Å². The summed E-state index contributed by atoms with van der Waals surface area (Å²) < 4.78 is 41.1. The largest absolute Gasteiger partial charge is 0.418 e. The molecule has 11 heteroatoms. The topological polar surface area (TPSA) is 79.0 Å². The smallest absolute Gasteiger partial charge is 0.365 e. The summed E-state index contributed by atoms with van der Waals surface area (Å²) in [6.07, 6.45) is -3.47. The lowest BCUT2D eigenvalue weighted by Gasteiger charge is -2.29. The third-order valence-electron chi connectivity index (χ3n) is 4.61. The predicted molar refractivity (Wildman–Crippen MR) is 88.7 cm³/mol. The highest BCUT2D eigenvalue weighted by Gasteiger charge is 2.46. The van der Waals surface area contributed by atoms with E-state index in [4.69, 9.17) is 0 Å². The molecular formula is C15H13F3N4O3S. The van der Waals surface area contributed by atoms with Crippen LogP contribution in [0.1, 0.15) is 28.8 Å². The zero-order valence-corrected chi connectivity index (χ0v) is 14.2. The summed E-state index contributed by atoms with van der Waals surface area (Å²) in [7, 11) is 0. The predicted octanol–water partition coefficient (Wildman–Crippen LogP) is 3.13. The molecule has 138 valence electrons. The number of nitro benzene ring substituents is 1. The van der Waals surface area contributed by atoms with Gasteiger partial charge in [0.25, 0.3) is 5.91 Å². The highest BCUT2D eigenvalue weighted by molar-refractivity contribution is 8.14. The lowest BCUT2D eigenvalue weighted by atomic mass is 10.0. The molecule has 0 aromatic heterocycles. The maximum absolute atomic E-state index is 13.7. The highest BCUT2D eigenvalue weighted by Crippen LogP contribution is 2.51. The molecular weight excluding hydrogens is 373 g/mol. The van der Waals surface area contributed by atoms with Gasteiger partial charge in [0, 0.05) is 19.6 Å². The Hall–Kier alpha value is -2.30. The second-order valence-electron chi connectivity index (χ2n) is 6.17. The number of fused-ring (bicyclic) bond motifs is 2. The summed E-state index contributed by atoms with van der Waals surface area (Å²) in [4.78, 5) is 30.3. The zero-order chi connectivity index (χ0) is 18.6. The van der Waals surface area contributed by atoms with E-state index in [-0.39, 0.29) is 17.0 Å². The molecule has 0 spiro atoms. The van der Waals surface area contributed by atoms with E-state index in [0.29, 0.717) is 37.6 Å². The van der Waals surface area contributed by atoms with Crippen molar-refractivity contribution in [1.82, 2.24) is 4.90 Å². The van der Waals surface area contributed by atoms with Gasteiger partial charge in [-0.2, -0.15) is 13.2 Å². The number of benzene rings is 1. The first-order valence-electron chi connectivity index (χ1n) is 8.00. The molecule has 0 unspecified atom stereocenters. The number of hydrogen-bond acceptors (Lipinski definition) is 6. The lowest BCUT2D eigenvalue weighted by Crippen LogP contribution is -2.37. The van der Waals surface area contributed by atoms with Crippen LogP contribution in [0.5, 0.6) is 0 Å². The molecule has 0 bridgehead atoms. The molecule has 3 heterocycles. The van der Waals surface area contributed by atoms with E-state index in [1.165, 1.54) is 9.80 Å². The van der Waals surface area contributed by atoms with Crippen LogP contribution in [0.2, 0.25) is 0 Å². The number of hydrogen-bond donors (Lipinski definition) is 0. The zero-order valence-electron chi connectivity index (χ0n) is 13.4. The maximum Gasteiger partial charge on any atom is 0.418 e. The quantitative estimate of drug-likeness (QED) is 0.576. The van der Waals surface area contributed by atoms with Crippen LogP contribution in [-0.4, -0.2) is 47.1 Å². The van der Waals surface area contributed by atoms with E-state index in [1.54, 1.807) is 0 Å².